The molecule has 0 saturated carbocycles. The van der Waals surface area contributed by atoms with Crippen LogP contribution in [0.2, 0.25) is 0 Å². The number of esters is 1. The Kier molecular flexibility index (Phi) is 4.97. The summed E-state index contributed by atoms with van der Waals surface area (Å²) >= 11 is 0. The topological polar surface area (TPSA) is 57.9 Å². The highest BCUT2D eigenvalue weighted by Crippen LogP contribution is 2.27. The second kappa shape index (κ2) is 7.88. The molecule has 0 aliphatic heterocycles. The Hall–Kier alpha value is -3.73. The molecule has 0 aliphatic carbocycles. The zero-order chi connectivity index (χ0) is 19.3. The summed E-state index contributed by atoms with van der Waals surface area (Å²) < 4.78 is 21.8. The predicted octanol–water partition coefficient (Wildman–Crippen LogP) is 5.38. The summed E-state index contributed by atoms with van der Waals surface area (Å²) in [4.78, 5) is 12.3. The van der Waals surface area contributed by atoms with Gasteiger partial charge in [-0.3, -0.25) is 4.79 Å². The third-order valence-electron chi connectivity index (χ3n) is 4.23. The van der Waals surface area contributed by atoms with E-state index >= 15 is 0 Å². The maximum atomic E-state index is 12.3. The molecule has 0 fully saturated rings. The fourth-order valence-electron chi connectivity index (χ4n) is 2.85. The van der Waals surface area contributed by atoms with Crippen molar-refractivity contribution in [3.8, 4) is 23.0 Å². The second-order valence-electron chi connectivity index (χ2n) is 6.16. The van der Waals surface area contributed by atoms with Crippen LogP contribution in [0.5, 0.6) is 23.0 Å². The van der Waals surface area contributed by atoms with Crippen molar-refractivity contribution in [1.82, 2.24) is 0 Å². The molecular formula is C23H18O5. The van der Waals surface area contributed by atoms with Gasteiger partial charge in [0.2, 0.25) is 0 Å². The normalized spacial score (nSPS) is 10.6. The average Bonchev–Trinajstić information content (AvgIpc) is 3.12. The van der Waals surface area contributed by atoms with E-state index < -0.39 is 0 Å². The third kappa shape index (κ3) is 3.99. The molecule has 3 aromatic carbocycles. The van der Waals surface area contributed by atoms with Crippen molar-refractivity contribution in [2.24, 2.45) is 0 Å². The summed E-state index contributed by atoms with van der Waals surface area (Å²) in [6.07, 6.45) is 1.68. The fourth-order valence-corrected chi connectivity index (χ4v) is 2.85. The maximum Gasteiger partial charge on any atom is 0.315 e. The van der Waals surface area contributed by atoms with E-state index in [-0.39, 0.29) is 12.4 Å². The van der Waals surface area contributed by atoms with Crippen molar-refractivity contribution in [2.75, 3.05) is 7.11 Å². The van der Waals surface area contributed by atoms with E-state index in [1.165, 1.54) is 0 Å². The quantitative estimate of drug-likeness (QED) is 0.335. The van der Waals surface area contributed by atoms with Crippen molar-refractivity contribution in [2.45, 2.75) is 6.42 Å². The molecule has 0 radical (unpaired) electrons. The van der Waals surface area contributed by atoms with Crippen molar-refractivity contribution in [1.29, 1.82) is 0 Å². The molecule has 140 valence electrons. The van der Waals surface area contributed by atoms with Gasteiger partial charge in [-0.25, -0.2) is 0 Å². The fraction of sp³-hybridized carbons (Fsp3) is 0.0870. The van der Waals surface area contributed by atoms with E-state index in [0.717, 1.165) is 16.7 Å². The van der Waals surface area contributed by atoms with Crippen LogP contribution in [0, 0.1) is 0 Å². The van der Waals surface area contributed by atoms with E-state index in [1.54, 1.807) is 43.7 Å². The number of fused-ring (bicyclic) bond motifs is 1. The summed E-state index contributed by atoms with van der Waals surface area (Å²) in [6, 6.07) is 21.9. The molecule has 0 spiro atoms. The van der Waals surface area contributed by atoms with Gasteiger partial charge in [0.15, 0.2) is 0 Å². The Balaban J connectivity index is 1.40. The molecule has 0 aliphatic rings. The molecule has 5 nitrogen and oxygen atoms in total. The highest BCUT2D eigenvalue weighted by atomic mass is 16.5. The molecule has 4 aromatic rings. The Labute approximate surface area is 162 Å². The minimum atomic E-state index is -0.366. The van der Waals surface area contributed by atoms with Crippen molar-refractivity contribution in [3.63, 3.8) is 0 Å². The number of benzene rings is 3. The molecule has 0 amide bonds. The lowest BCUT2D eigenvalue weighted by Crippen LogP contribution is -2.10. The van der Waals surface area contributed by atoms with Gasteiger partial charge in [0.1, 0.15) is 28.6 Å². The number of hydrogen-bond acceptors (Lipinski definition) is 5. The van der Waals surface area contributed by atoms with Crippen LogP contribution in [0.15, 0.2) is 83.5 Å². The monoisotopic (exact) mass is 374 g/mol. The Morgan fingerprint density at radius 1 is 0.857 bits per heavy atom. The van der Waals surface area contributed by atoms with Gasteiger partial charge in [-0.05, 0) is 48.5 Å². The van der Waals surface area contributed by atoms with Crippen LogP contribution in [0.1, 0.15) is 5.56 Å². The first-order valence-corrected chi connectivity index (χ1v) is 8.79. The van der Waals surface area contributed by atoms with Crippen LogP contribution in [-0.4, -0.2) is 13.1 Å². The average molecular weight is 374 g/mol. The van der Waals surface area contributed by atoms with Crippen LogP contribution in [0.3, 0.4) is 0 Å². The Morgan fingerprint density at radius 2 is 1.54 bits per heavy atom. The number of methoxy groups -OCH3 is 1. The summed E-state index contributed by atoms with van der Waals surface area (Å²) in [7, 11) is 1.60. The molecule has 0 bridgehead atoms. The number of carbonyl (C=O) groups is 1. The lowest BCUT2D eigenvalue weighted by molar-refractivity contribution is -0.133. The zero-order valence-electron chi connectivity index (χ0n) is 15.3. The Morgan fingerprint density at radius 3 is 2.29 bits per heavy atom. The van der Waals surface area contributed by atoms with Gasteiger partial charge in [0, 0.05) is 17.0 Å². The van der Waals surface area contributed by atoms with Gasteiger partial charge >= 0.3 is 5.97 Å². The number of hydrogen-bond donors (Lipinski definition) is 0. The lowest BCUT2D eigenvalue weighted by atomic mass is 10.1. The second-order valence-corrected chi connectivity index (χ2v) is 6.16. The van der Waals surface area contributed by atoms with Crippen molar-refractivity contribution >= 4 is 16.9 Å². The molecule has 0 atom stereocenters. The SMILES string of the molecule is COc1ccc2c(CC(=O)Oc3ccc(Oc4ccccc4)cc3)coc2c1. The van der Waals surface area contributed by atoms with E-state index in [9.17, 15) is 4.79 Å². The predicted molar refractivity (Wildman–Crippen MR) is 105 cm³/mol. The molecule has 0 N–H and O–H groups in total. The van der Waals surface area contributed by atoms with Crippen LogP contribution in [0.25, 0.3) is 11.0 Å². The molecule has 1 heterocycles. The molecule has 5 heteroatoms. The molecule has 0 saturated heterocycles. The maximum absolute atomic E-state index is 12.3. The van der Waals surface area contributed by atoms with Gasteiger partial charge in [-0.1, -0.05) is 18.2 Å². The largest absolute Gasteiger partial charge is 0.497 e. The van der Waals surface area contributed by atoms with Crippen LogP contribution >= 0.6 is 0 Å². The van der Waals surface area contributed by atoms with E-state index in [0.29, 0.717) is 22.8 Å². The number of ether oxygens (including phenoxy) is 3. The van der Waals surface area contributed by atoms with Gasteiger partial charge in [-0.2, -0.15) is 0 Å². The number of furan rings is 1. The summed E-state index contributed by atoms with van der Waals surface area (Å²) in [5, 5.41) is 0.865. The van der Waals surface area contributed by atoms with Crippen molar-refractivity contribution in [3.05, 3.63) is 84.6 Å². The summed E-state index contributed by atoms with van der Waals surface area (Å²) in [5.74, 6) is 2.21. The first-order valence-electron chi connectivity index (χ1n) is 8.79. The number of rotatable bonds is 6. The van der Waals surface area contributed by atoms with Gasteiger partial charge in [0.05, 0.1) is 19.8 Å². The van der Waals surface area contributed by atoms with Gasteiger partial charge < -0.3 is 18.6 Å². The Bertz CT molecular complexity index is 1080. The lowest BCUT2D eigenvalue weighted by Gasteiger charge is -2.07. The standard InChI is InChI=1S/C23H18O5/c1-25-20-11-12-21-16(15-26-22(21)14-20)13-23(24)28-19-9-7-18(8-10-19)27-17-5-3-2-4-6-17/h2-12,14-15H,13H2,1H3. The number of carbonyl (C=O) groups excluding carboxylic acids is 1. The molecule has 4 rings (SSSR count). The highest BCUT2D eigenvalue weighted by Gasteiger charge is 2.13. The van der Waals surface area contributed by atoms with Gasteiger partial charge in [0.25, 0.3) is 0 Å². The molecule has 0 unspecified atom stereocenters. The first-order chi connectivity index (χ1) is 13.7. The van der Waals surface area contributed by atoms with Crippen LogP contribution in [0.4, 0.5) is 0 Å². The van der Waals surface area contributed by atoms with Gasteiger partial charge in [-0.15, -0.1) is 0 Å². The first kappa shape index (κ1) is 17.7. The molecule has 1 aromatic heterocycles. The minimum Gasteiger partial charge on any atom is -0.497 e. The minimum absolute atomic E-state index is 0.113. The number of para-hydroxylation sites is 1. The highest BCUT2D eigenvalue weighted by molar-refractivity contribution is 5.87. The van der Waals surface area contributed by atoms with E-state index in [4.69, 9.17) is 18.6 Å². The van der Waals surface area contributed by atoms with E-state index in [2.05, 4.69) is 0 Å². The molecule has 28 heavy (non-hydrogen) atoms. The third-order valence-corrected chi connectivity index (χ3v) is 4.23. The van der Waals surface area contributed by atoms with Crippen molar-refractivity contribution < 1.29 is 23.4 Å². The molecular weight excluding hydrogens is 356 g/mol. The van der Waals surface area contributed by atoms with E-state index in [1.807, 2.05) is 42.5 Å². The van der Waals surface area contributed by atoms with Crippen LogP contribution < -0.4 is 14.2 Å². The smallest absolute Gasteiger partial charge is 0.315 e. The summed E-state index contributed by atoms with van der Waals surface area (Å²) in [6.45, 7) is 0. The zero-order valence-corrected chi connectivity index (χ0v) is 15.3. The van der Waals surface area contributed by atoms with Crippen LogP contribution in [-0.2, 0) is 11.2 Å². The summed E-state index contributed by atoms with van der Waals surface area (Å²) in [5.41, 5.74) is 1.44.